The van der Waals surface area contributed by atoms with Crippen LogP contribution in [0.3, 0.4) is 0 Å². The highest BCUT2D eigenvalue weighted by molar-refractivity contribution is 6.30. The Bertz CT molecular complexity index is 849. The van der Waals surface area contributed by atoms with E-state index in [1.54, 1.807) is 12.4 Å². The molecule has 26 heavy (non-hydrogen) atoms. The van der Waals surface area contributed by atoms with Crippen molar-refractivity contribution in [2.45, 2.75) is 19.4 Å². The summed E-state index contributed by atoms with van der Waals surface area (Å²) in [6.45, 7) is 1.44. The van der Waals surface area contributed by atoms with E-state index in [9.17, 15) is 0 Å². The van der Waals surface area contributed by atoms with Gasteiger partial charge in [0, 0.05) is 41.4 Å². The predicted molar refractivity (Wildman–Crippen MR) is 109 cm³/mol. The fraction of sp³-hybridized carbons (Fsp3) is 0.190. The van der Waals surface area contributed by atoms with E-state index in [1.807, 2.05) is 54.7 Å². The van der Waals surface area contributed by atoms with Gasteiger partial charge in [-0.15, -0.1) is 0 Å². The lowest BCUT2D eigenvalue weighted by molar-refractivity contribution is 0.814. The zero-order valence-corrected chi connectivity index (χ0v) is 15.2. The monoisotopic (exact) mass is 364 g/mol. The molecular formula is C21H21ClN4. The second-order valence-electron chi connectivity index (χ2n) is 6.03. The third kappa shape index (κ3) is 5.14. The van der Waals surface area contributed by atoms with Crippen molar-refractivity contribution in [1.82, 2.24) is 4.98 Å². The average Bonchev–Trinajstić information content (AvgIpc) is 2.68. The Morgan fingerprint density at radius 1 is 1.23 bits per heavy atom. The highest BCUT2D eigenvalue weighted by Gasteiger charge is 2.14. The number of nitrogens with zero attached hydrogens (tertiary/aromatic N) is 3. The standard InChI is InChI=1S/C21H21ClN4/c22-19-7-5-16(6-8-19)14-25-12-9-20(23)13-17-3-2-11-26-21(17)18-4-1-10-24-15-18/h1,4-10,12-13,15H,2-3,11,14,23H2/b17-13+,20-9?,25-12?. The number of nitrogens with two attached hydrogens (primary N) is 1. The molecule has 0 unspecified atom stereocenters. The first-order valence-corrected chi connectivity index (χ1v) is 8.96. The average molecular weight is 365 g/mol. The largest absolute Gasteiger partial charge is 0.399 e. The van der Waals surface area contributed by atoms with E-state index in [-0.39, 0.29) is 0 Å². The molecule has 0 aliphatic carbocycles. The van der Waals surface area contributed by atoms with Crippen molar-refractivity contribution >= 4 is 23.5 Å². The van der Waals surface area contributed by atoms with E-state index in [0.717, 1.165) is 46.8 Å². The second-order valence-corrected chi connectivity index (χ2v) is 6.46. The number of allylic oxidation sites excluding steroid dienone is 3. The zero-order valence-electron chi connectivity index (χ0n) is 14.5. The molecule has 0 amide bonds. The van der Waals surface area contributed by atoms with Crippen molar-refractivity contribution in [1.29, 1.82) is 0 Å². The van der Waals surface area contributed by atoms with E-state index in [2.05, 4.69) is 15.0 Å². The Kier molecular flexibility index (Phi) is 6.34. The van der Waals surface area contributed by atoms with Crippen LogP contribution in [0.25, 0.3) is 0 Å². The van der Waals surface area contributed by atoms with Crippen LogP contribution in [-0.4, -0.2) is 23.5 Å². The van der Waals surface area contributed by atoms with Crippen molar-refractivity contribution in [3.05, 3.63) is 88.4 Å². The summed E-state index contributed by atoms with van der Waals surface area (Å²) in [5.74, 6) is 0. The maximum absolute atomic E-state index is 6.15. The molecule has 0 bridgehead atoms. The summed E-state index contributed by atoms with van der Waals surface area (Å²) >= 11 is 5.88. The normalized spacial score (nSPS) is 16.9. The van der Waals surface area contributed by atoms with Gasteiger partial charge in [0.25, 0.3) is 0 Å². The molecule has 2 heterocycles. The van der Waals surface area contributed by atoms with Gasteiger partial charge in [-0.1, -0.05) is 23.7 Å². The SMILES string of the molecule is NC(=CC=NCc1ccc(Cl)cc1)/C=C1\CCCN=C1c1cccnc1. The summed E-state index contributed by atoms with van der Waals surface area (Å²) in [6, 6.07) is 11.6. The molecule has 3 rings (SSSR count). The lowest BCUT2D eigenvalue weighted by Gasteiger charge is -2.16. The van der Waals surface area contributed by atoms with Crippen LogP contribution in [0.1, 0.15) is 24.0 Å². The molecule has 1 aliphatic rings. The predicted octanol–water partition coefficient (Wildman–Crippen LogP) is 4.36. The molecule has 1 aromatic carbocycles. The molecule has 1 aromatic heterocycles. The minimum Gasteiger partial charge on any atom is -0.399 e. The number of rotatable bonds is 5. The van der Waals surface area contributed by atoms with Crippen LogP contribution < -0.4 is 5.73 Å². The first-order valence-electron chi connectivity index (χ1n) is 8.58. The summed E-state index contributed by atoms with van der Waals surface area (Å²) in [7, 11) is 0. The molecule has 132 valence electrons. The molecule has 2 aromatic rings. The van der Waals surface area contributed by atoms with Gasteiger partial charge in [-0.3, -0.25) is 15.0 Å². The molecule has 2 N–H and O–H groups in total. The van der Waals surface area contributed by atoms with Crippen molar-refractivity contribution in [2.24, 2.45) is 15.7 Å². The zero-order chi connectivity index (χ0) is 18.2. The van der Waals surface area contributed by atoms with Gasteiger partial charge >= 0.3 is 0 Å². The van der Waals surface area contributed by atoms with Gasteiger partial charge in [-0.2, -0.15) is 0 Å². The smallest absolute Gasteiger partial charge is 0.0694 e. The van der Waals surface area contributed by atoms with E-state index < -0.39 is 0 Å². The van der Waals surface area contributed by atoms with Gasteiger partial charge in [0.05, 0.1) is 12.3 Å². The van der Waals surface area contributed by atoms with E-state index >= 15 is 0 Å². The van der Waals surface area contributed by atoms with Crippen LogP contribution >= 0.6 is 11.6 Å². The van der Waals surface area contributed by atoms with Crippen molar-refractivity contribution < 1.29 is 0 Å². The molecule has 1 aliphatic heterocycles. The van der Waals surface area contributed by atoms with Gasteiger partial charge in [0.15, 0.2) is 0 Å². The Balaban J connectivity index is 1.68. The number of halogens is 1. The van der Waals surface area contributed by atoms with Crippen LogP contribution in [0.2, 0.25) is 5.02 Å². The highest BCUT2D eigenvalue weighted by atomic mass is 35.5. The minimum absolute atomic E-state index is 0.597. The van der Waals surface area contributed by atoms with E-state index in [1.165, 1.54) is 0 Å². The molecule has 4 nitrogen and oxygen atoms in total. The number of hydrogen-bond donors (Lipinski definition) is 1. The van der Waals surface area contributed by atoms with Crippen LogP contribution in [-0.2, 0) is 6.54 Å². The molecule has 5 heteroatoms. The molecule has 0 radical (unpaired) electrons. The molecule has 0 spiro atoms. The number of aromatic nitrogens is 1. The highest BCUT2D eigenvalue weighted by Crippen LogP contribution is 2.19. The Hall–Kier alpha value is -2.72. The van der Waals surface area contributed by atoms with E-state index in [0.29, 0.717) is 12.2 Å². The van der Waals surface area contributed by atoms with Crippen LogP contribution in [0.4, 0.5) is 0 Å². The van der Waals surface area contributed by atoms with Crippen LogP contribution in [0, 0.1) is 0 Å². The second kappa shape index (κ2) is 9.11. The van der Waals surface area contributed by atoms with Gasteiger partial charge in [-0.05, 0) is 60.4 Å². The molecule has 0 saturated heterocycles. The number of hydrogen-bond acceptors (Lipinski definition) is 4. The number of pyridine rings is 1. The number of aliphatic imine (C=N–C) groups is 2. The summed E-state index contributed by atoms with van der Waals surface area (Å²) in [6.07, 6.45) is 11.1. The van der Waals surface area contributed by atoms with Crippen molar-refractivity contribution in [3.8, 4) is 0 Å². The van der Waals surface area contributed by atoms with Gasteiger partial charge in [0.1, 0.15) is 0 Å². The lowest BCUT2D eigenvalue weighted by Crippen LogP contribution is -2.13. The Morgan fingerprint density at radius 2 is 2.08 bits per heavy atom. The molecule has 0 saturated carbocycles. The van der Waals surface area contributed by atoms with Gasteiger partial charge in [0.2, 0.25) is 0 Å². The summed E-state index contributed by atoms with van der Waals surface area (Å²) < 4.78 is 0. The van der Waals surface area contributed by atoms with Gasteiger partial charge < -0.3 is 5.73 Å². The van der Waals surface area contributed by atoms with Crippen LogP contribution in [0.5, 0.6) is 0 Å². The lowest BCUT2D eigenvalue weighted by atomic mass is 9.96. The summed E-state index contributed by atoms with van der Waals surface area (Å²) in [5, 5.41) is 0.729. The maximum Gasteiger partial charge on any atom is 0.0694 e. The Morgan fingerprint density at radius 3 is 2.85 bits per heavy atom. The summed E-state index contributed by atoms with van der Waals surface area (Å²) in [5.41, 5.74) is 11.1. The first kappa shape index (κ1) is 18.1. The maximum atomic E-state index is 6.15. The number of benzene rings is 1. The molecule has 0 fully saturated rings. The van der Waals surface area contributed by atoms with E-state index in [4.69, 9.17) is 17.3 Å². The Labute approximate surface area is 158 Å². The minimum atomic E-state index is 0.597. The fourth-order valence-corrected chi connectivity index (χ4v) is 2.86. The third-order valence-electron chi connectivity index (χ3n) is 4.01. The van der Waals surface area contributed by atoms with Crippen LogP contribution in [0.15, 0.2) is 82.2 Å². The first-order chi connectivity index (χ1) is 12.7. The van der Waals surface area contributed by atoms with Crippen molar-refractivity contribution in [3.63, 3.8) is 0 Å². The molecular weight excluding hydrogens is 344 g/mol. The van der Waals surface area contributed by atoms with Crippen molar-refractivity contribution in [2.75, 3.05) is 6.54 Å². The quantitative estimate of drug-likeness (QED) is 0.801. The molecule has 0 atom stereocenters. The van der Waals surface area contributed by atoms with Gasteiger partial charge in [-0.25, -0.2) is 0 Å². The summed E-state index contributed by atoms with van der Waals surface area (Å²) in [4.78, 5) is 13.2. The third-order valence-corrected chi connectivity index (χ3v) is 4.27. The fourth-order valence-electron chi connectivity index (χ4n) is 2.74. The topological polar surface area (TPSA) is 63.6 Å².